The minimum absolute atomic E-state index is 0.0662. The Morgan fingerprint density at radius 1 is 1.31 bits per heavy atom. The Labute approximate surface area is 91.5 Å². The van der Waals surface area contributed by atoms with Crippen molar-refractivity contribution in [2.24, 2.45) is 5.11 Å². The first-order valence-corrected chi connectivity index (χ1v) is 4.54. The predicted octanol–water partition coefficient (Wildman–Crippen LogP) is 2.71. The van der Waals surface area contributed by atoms with Crippen molar-refractivity contribution in [3.63, 3.8) is 0 Å². The van der Waals surface area contributed by atoms with Crippen LogP contribution in [0.1, 0.15) is 16.8 Å². The fraction of sp³-hybridized carbons (Fsp3) is 0.200. The van der Waals surface area contributed by atoms with Gasteiger partial charge < -0.3 is 4.74 Å². The number of azide groups is 1. The number of ether oxygens (including phenoxy) is 1. The number of rotatable bonds is 4. The number of amides is 1. The lowest BCUT2D eigenvalue weighted by Crippen LogP contribution is -2.06. The van der Waals surface area contributed by atoms with Gasteiger partial charge in [0.1, 0.15) is 0 Å². The molecule has 0 aliphatic carbocycles. The third-order valence-corrected chi connectivity index (χ3v) is 1.78. The highest BCUT2D eigenvalue weighted by Crippen LogP contribution is 2.03. The largest absolute Gasteiger partial charge is 0.460 e. The van der Waals surface area contributed by atoms with Crippen LogP contribution in [0.15, 0.2) is 35.4 Å². The second-order valence-corrected chi connectivity index (χ2v) is 2.84. The maximum atomic E-state index is 11.5. The minimum Gasteiger partial charge on any atom is -0.460 e. The monoisotopic (exact) mass is 219 g/mol. The fourth-order valence-corrected chi connectivity index (χ4v) is 1.06. The Morgan fingerprint density at radius 2 is 2.00 bits per heavy atom. The van der Waals surface area contributed by atoms with Crippen LogP contribution in [0.25, 0.3) is 10.4 Å². The number of carbonyl (C=O) groups excluding carboxylic acids is 2. The van der Waals surface area contributed by atoms with Crippen LogP contribution in [-0.2, 0) is 4.74 Å². The molecule has 0 heterocycles. The molecule has 0 aliphatic rings. The molecule has 6 nitrogen and oxygen atoms in total. The summed E-state index contributed by atoms with van der Waals surface area (Å²) in [6.07, 6.45) is -0.958. The lowest BCUT2D eigenvalue weighted by atomic mass is 10.1. The van der Waals surface area contributed by atoms with Crippen LogP contribution in [0.2, 0.25) is 0 Å². The van der Waals surface area contributed by atoms with Gasteiger partial charge in [-0.3, -0.25) is 4.79 Å². The Hall–Kier alpha value is -2.33. The van der Waals surface area contributed by atoms with Crippen LogP contribution >= 0.6 is 0 Å². The number of hydrogen-bond donors (Lipinski definition) is 0. The number of benzene rings is 1. The van der Waals surface area contributed by atoms with Gasteiger partial charge in [-0.25, -0.2) is 4.79 Å². The van der Waals surface area contributed by atoms with Crippen molar-refractivity contribution < 1.29 is 14.3 Å². The van der Waals surface area contributed by atoms with Crippen molar-refractivity contribution in [1.82, 2.24) is 0 Å². The van der Waals surface area contributed by atoms with Crippen molar-refractivity contribution >= 4 is 11.9 Å². The number of nitrogens with zero attached hydrogens (tertiary/aromatic N) is 3. The summed E-state index contributed by atoms with van der Waals surface area (Å²) in [6, 6.07) is 8.66. The van der Waals surface area contributed by atoms with Crippen LogP contribution in [0.4, 0.5) is 4.79 Å². The number of hydrogen-bond acceptors (Lipinski definition) is 3. The van der Waals surface area contributed by atoms with Crippen molar-refractivity contribution in [2.75, 3.05) is 6.61 Å². The highest BCUT2D eigenvalue weighted by Gasteiger charge is 2.06. The zero-order valence-corrected chi connectivity index (χ0v) is 8.37. The van der Waals surface area contributed by atoms with Crippen LogP contribution < -0.4 is 0 Å². The zero-order valence-electron chi connectivity index (χ0n) is 8.37. The second kappa shape index (κ2) is 6.21. The van der Waals surface area contributed by atoms with E-state index in [1.54, 1.807) is 30.3 Å². The number of Topliss-reactive ketones (excluding diaryl/α,β-unsaturated/α-hetero) is 1. The lowest BCUT2D eigenvalue weighted by Gasteiger charge is -2.00. The highest BCUT2D eigenvalue weighted by molar-refractivity contribution is 5.96. The Bertz CT molecular complexity index is 424. The van der Waals surface area contributed by atoms with E-state index >= 15 is 0 Å². The molecule has 0 unspecified atom stereocenters. The molecule has 0 bridgehead atoms. The molecule has 0 atom stereocenters. The van der Waals surface area contributed by atoms with E-state index in [-0.39, 0.29) is 18.8 Å². The fourth-order valence-electron chi connectivity index (χ4n) is 1.06. The summed E-state index contributed by atoms with van der Waals surface area (Å²) in [5.74, 6) is -0.130. The van der Waals surface area contributed by atoms with E-state index in [1.165, 1.54) is 0 Å². The molecule has 0 N–H and O–H groups in total. The summed E-state index contributed by atoms with van der Waals surface area (Å²) in [5, 5.41) is 2.70. The Morgan fingerprint density at radius 3 is 2.62 bits per heavy atom. The molecule has 1 amide bonds. The van der Waals surface area contributed by atoms with E-state index in [9.17, 15) is 9.59 Å². The molecule has 6 heteroatoms. The molecule has 0 spiro atoms. The Balaban J connectivity index is 2.37. The average Bonchev–Trinajstić information content (AvgIpc) is 2.30. The topological polar surface area (TPSA) is 92.1 Å². The summed E-state index contributed by atoms with van der Waals surface area (Å²) in [6.45, 7) is -0.0917. The third kappa shape index (κ3) is 3.81. The van der Waals surface area contributed by atoms with E-state index in [1.807, 2.05) is 0 Å². The summed E-state index contributed by atoms with van der Waals surface area (Å²) in [7, 11) is 0. The molecular formula is C10H9N3O3. The van der Waals surface area contributed by atoms with Gasteiger partial charge in [0.05, 0.1) is 6.61 Å². The molecule has 82 valence electrons. The first-order chi connectivity index (χ1) is 7.74. The maximum Gasteiger partial charge on any atom is 0.396 e. The van der Waals surface area contributed by atoms with Gasteiger partial charge in [-0.2, -0.15) is 0 Å². The van der Waals surface area contributed by atoms with Gasteiger partial charge in [-0.1, -0.05) is 30.3 Å². The molecule has 0 saturated heterocycles. The van der Waals surface area contributed by atoms with Gasteiger partial charge in [-0.15, -0.1) is 0 Å². The summed E-state index contributed by atoms with van der Waals surface area (Å²) < 4.78 is 4.49. The van der Waals surface area contributed by atoms with Crippen LogP contribution in [0.5, 0.6) is 0 Å². The predicted molar refractivity (Wildman–Crippen MR) is 55.9 cm³/mol. The molecule has 1 aromatic carbocycles. The average molecular weight is 219 g/mol. The number of ketones is 1. The second-order valence-electron chi connectivity index (χ2n) is 2.84. The quantitative estimate of drug-likeness (QED) is 0.337. The van der Waals surface area contributed by atoms with Gasteiger partial charge >= 0.3 is 6.09 Å². The molecule has 0 aliphatic heterocycles. The van der Waals surface area contributed by atoms with Crippen LogP contribution in [-0.4, -0.2) is 18.5 Å². The summed E-state index contributed by atoms with van der Waals surface area (Å²) in [5.41, 5.74) is 8.47. The van der Waals surface area contributed by atoms with E-state index in [4.69, 9.17) is 5.53 Å². The normalized spacial score (nSPS) is 9.00. The molecule has 0 saturated carbocycles. The van der Waals surface area contributed by atoms with E-state index in [2.05, 4.69) is 14.8 Å². The van der Waals surface area contributed by atoms with Gasteiger partial charge in [0.25, 0.3) is 0 Å². The standard InChI is InChI=1S/C10H9N3O3/c11-13-12-10(15)16-7-6-9(14)8-4-2-1-3-5-8/h1-5H,6-7H2. The van der Waals surface area contributed by atoms with Gasteiger partial charge in [0.15, 0.2) is 5.78 Å². The van der Waals surface area contributed by atoms with Crippen LogP contribution in [0, 0.1) is 0 Å². The summed E-state index contributed by atoms with van der Waals surface area (Å²) >= 11 is 0. The lowest BCUT2D eigenvalue weighted by molar-refractivity contribution is 0.0940. The van der Waals surface area contributed by atoms with Crippen molar-refractivity contribution in [1.29, 1.82) is 0 Å². The van der Waals surface area contributed by atoms with E-state index in [0.717, 1.165) is 0 Å². The molecule has 0 radical (unpaired) electrons. The van der Waals surface area contributed by atoms with Crippen molar-refractivity contribution in [2.45, 2.75) is 6.42 Å². The smallest absolute Gasteiger partial charge is 0.396 e. The molecule has 0 aromatic heterocycles. The van der Waals surface area contributed by atoms with Crippen molar-refractivity contribution in [3.8, 4) is 0 Å². The first-order valence-electron chi connectivity index (χ1n) is 4.54. The summed E-state index contributed by atoms with van der Waals surface area (Å²) in [4.78, 5) is 24.4. The molecule has 1 rings (SSSR count). The van der Waals surface area contributed by atoms with Gasteiger partial charge in [-0.05, 0) is 5.53 Å². The first kappa shape index (κ1) is 11.7. The minimum atomic E-state index is -1.02. The van der Waals surface area contributed by atoms with Crippen LogP contribution in [0.3, 0.4) is 0 Å². The highest BCUT2D eigenvalue weighted by atomic mass is 16.5. The SMILES string of the molecule is [N-]=[N+]=NC(=O)OCCC(=O)c1ccccc1. The Kier molecular flexibility index (Phi) is 4.56. The molecule has 0 fully saturated rings. The number of carbonyl (C=O) groups is 2. The van der Waals surface area contributed by atoms with Gasteiger partial charge in [0, 0.05) is 22.0 Å². The van der Waals surface area contributed by atoms with Gasteiger partial charge in [0.2, 0.25) is 0 Å². The third-order valence-electron chi connectivity index (χ3n) is 1.78. The van der Waals surface area contributed by atoms with E-state index < -0.39 is 6.09 Å². The molecule has 16 heavy (non-hydrogen) atoms. The van der Waals surface area contributed by atoms with Crippen molar-refractivity contribution in [3.05, 3.63) is 46.3 Å². The molecule has 1 aromatic rings. The molecular weight excluding hydrogens is 210 g/mol. The van der Waals surface area contributed by atoms with E-state index in [0.29, 0.717) is 5.56 Å². The zero-order chi connectivity index (χ0) is 11.8. The maximum absolute atomic E-state index is 11.5.